The highest BCUT2D eigenvalue weighted by Crippen LogP contribution is 2.19. The second-order valence-corrected chi connectivity index (χ2v) is 6.96. The molecule has 2 aromatic rings. The molecule has 0 radical (unpaired) electrons. The van der Waals surface area contributed by atoms with E-state index in [0.717, 1.165) is 36.9 Å². The smallest absolute Gasteiger partial charge is 0.306 e. The van der Waals surface area contributed by atoms with Crippen LogP contribution >= 0.6 is 0 Å². The number of hydrogen-bond acceptors (Lipinski definition) is 6. The van der Waals surface area contributed by atoms with E-state index in [0.29, 0.717) is 11.8 Å². The van der Waals surface area contributed by atoms with Gasteiger partial charge in [0.1, 0.15) is 0 Å². The zero-order chi connectivity index (χ0) is 19.2. The Morgan fingerprint density at radius 2 is 2.00 bits per heavy atom. The topological polar surface area (TPSA) is 85.5 Å². The number of hydrogen-bond donors (Lipinski definition) is 0. The average Bonchev–Trinajstić information content (AvgIpc) is 3.14. The number of nitrogens with zero attached hydrogens (tertiary/aromatic N) is 3. The van der Waals surface area contributed by atoms with Crippen LogP contribution in [0.5, 0.6) is 0 Å². The van der Waals surface area contributed by atoms with Crippen LogP contribution in [0.2, 0.25) is 0 Å². The lowest BCUT2D eigenvalue weighted by molar-refractivity contribution is -0.153. The standard InChI is InChI=1S/C20H25N3O4/c1-14-6-8-16(9-7-14)20-22-21-17(27-20)10-11-19(25)26-13-18(24)23-12-4-3-5-15(23)2/h6-9,15H,3-5,10-13H2,1-2H3. The van der Waals surface area contributed by atoms with Gasteiger partial charge in [-0.1, -0.05) is 17.7 Å². The Kier molecular flexibility index (Phi) is 6.21. The van der Waals surface area contributed by atoms with Gasteiger partial charge in [-0.2, -0.15) is 0 Å². The van der Waals surface area contributed by atoms with E-state index < -0.39 is 5.97 Å². The van der Waals surface area contributed by atoms with Crippen LogP contribution in [-0.2, 0) is 20.7 Å². The zero-order valence-electron chi connectivity index (χ0n) is 15.8. The summed E-state index contributed by atoms with van der Waals surface area (Å²) >= 11 is 0. The third kappa shape index (κ3) is 5.15. The molecule has 0 N–H and O–H groups in total. The second-order valence-electron chi connectivity index (χ2n) is 6.96. The van der Waals surface area contributed by atoms with Gasteiger partial charge in [0.25, 0.3) is 5.91 Å². The van der Waals surface area contributed by atoms with Gasteiger partial charge in [-0.05, 0) is 45.2 Å². The minimum atomic E-state index is -0.442. The Bertz CT molecular complexity index is 785. The molecule has 0 bridgehead atoms. The maximum absolute atomic E-state index is 12.2. The van der Waals surface area contributed by atoms with E-state index in [-0.39, 0.29) is 31.4 Å². The highest BCUT2D eigenvalue weighted by molar-refractivity contribution is 5.81. The lowest BCUT2D eigenvalue weighted by Crippen LogP contribution is -2.44. The minimum absolute atomic E-state index is 0.0956. The summed E-state index contributed by atoms with van der Waals surface area (Å²) in [6.45, 7) is 4.56. The van der Waals surface area contributed by atoms with E-state index in [1.807, 2.05) is 38.1 Å². The van der Waals surface area contributed by atoms with E-state index >= 15 is 0 Å². The molecule has 1 fully saturated rings. The molecule has 1 saturated heterocycles. The summed E-state index contributed by atoms with van der Waals surface area (Å²) in [5, 5.41) is 7.97. The number of piperidine rings is 1. The van der Waals surface area contributed by atoms with Crippen LogP contribution in [0.15, 0.2) is 28.7 Å². The van der Waals surface area contributed by atoms with Gasteiger partial charge in [-0.25, -0.2) is 0 Å². The van der Waals surface area contributed by atoms with Crippen LogP contribution in [-0.4, -0.2) is 46.2 Å². The summed E-state index contributed by atoms with van der Waals surface area (Å²) in [6, 6.07) is 7.97. The van der Waals surface area contributed by atoms with Crippen molar-refractivity contribution >= 4 is 11.9 Å². The lowest BCUT2D eigenvalue weighted by atomic mass is 10.0. The average molecular weight is 371 g/mol. The molecule has 3 rings (SSSR count). The predicted octanol–water partition coefficient (Wildman–Crippen LogP) is 2.92. The SMILES string of the molecule is Cc1ccc(-c2nnc(CCC(=O)OCC(=O)N3CCCCC3C)o2)cc1. The number of carbonyl (C=O) groups is 2. The number of aryl methyl sites for hydroxylation is 2. The molecule has 7 heteroatoms. The molecule has 1 amide bonds. The van der Waals surface area contributed by atoms with Gasteiger partial charge in [-0.3, -0.25) is 9.59 Å². The summed E-state index contributed by atoms with van der Waals surface area (Å²) < 4.78 is 10.7. The quantitative estimate of drug-likeness (QED) is 0.726. The van der Waals surface area contributed by atoms with E-state index in [9.17, 15) is 9.59 Å². The van der Waals surface area contributed by atoms with Crippen molar-refractivity contribution in [3.8, 4) is 11.5 Å². The largest absolute Gasteiger partial charge is 0.456 e. The maximum atomic E-state index is 12.2. The van der Waals surface area contributed by atoms with Gasteiger partial charge >= 0.3 is 5.97 Å². The minimum Gasteiger partial charge on any atom is -0.456 e. The van der Waals surface area contributed by atoms with E-state index in [1.165, 1.54) is 0 Å². The number of benzene rings is 1. The van der Waals surface area contributed by atoms with Crippen molar-refractivity contribution in [3.63, 3.8) is 0 Å². The van der Waals surface area contributed by atoms with Gasteiger partial charge < -0.3 is 14.1 Å². The lowest BCUT2D eigenvalue weighted by Gasteiger charge is -2.33. The molecule has 1 unspecified atom stereocenters. The number of rotatable bonds is 6. The van der Waals surface area contributed by atoms with Gasteiger partial charge in [0, 0.05) is 24.6 Å². The van der Waals surface area contributed by atoms with Crippen LogP contribution in [0.1, 0.15) is 44.1 Å². The van der Waals surface area contributed by atoms with Crippen LogP contribution in [0.3, 0.4) is 0 Å². The van der Waals surface area contributed by atoms with Crippen LogP contribution in [0.25, 0.3) is 11.5 Å². The van der Waals surface area contributed by atoms with E-state index in [4.69, 9.17) is 9.15 Å². The maximum Gasteiger partial charge on any atom is 0.306 e. The molecule has 0 aliphatic carbocycles. The highest BCUT2D eigenvalue weighted by atomic mass is 16.5. The summed E-state index contributed by atoms with van der Waals surface area (Å²) in [5.41, 5.74) is 1.98. The molecule has 1 aromatic heterocycles. The third-order valence-electron chi connectivity index (χ3n) is 4.79. The molecular formula is C20H25N3O4. The van der Waals surface area contributed by atoms with Crippen molar-refractivity contribution in [2.75, 3.05) is 13.2 Å². The first kappa shape index (κ1) is 19.1. The molecule has 1 atom stereocenters. The molecule has 2 heterocycles. The summed E-state index contributed by atoms with van der Waals surface area (Å²) in [5.74, 6) is 0.226. The van der Waals surface area contributed by atoms with Gasteiger partial charge in [0.05, 0.1) is 6.42 Å². The van der Waals surface area contributed by atoms with Crippen molar-refractivity contribution in [1.29, 1.82) is 0 Å². The van der Waals surface area contributed by atoms with Gasteiger partial charge in [0.15, 0.2) is 6.61 Å². The Labute approximate surface area is 158 Å². The number of ether oxygens (including phenoxy) is 1. The molecule has 1 aliphatic heterocycles. The fourth-order valence-corrected chi connectivity index (χ4v) is 3.14. The van der Waals surface area contributed by atoms with Gasteiger partial charge in [0.2, 0.25) is 11.8 Å². The number of esters is 1. The molecular weight excluding hydrogens is 346 g/mol. The second kappa shape index (κ2) is 8.79. The van der Waals surface area contributed by atoms with Crippen LogP contribution in [0, 0.1) is 6.92 Å². The zero-order valence-corrected chi connectivity index (χ0v) is 15.8. The third-order valence-corrected chi connectivity index (χ3v) is 4.79. The van der Waals surface area contributed by atoms with Crippen LogP contribution in [0.4, 0.5) is 0 Å². The number of aromatic nitrogens is 2. The molecule has 1 aliphatic rings. The Hall–Kier alpha value is -2.70. The number of carbonyl (C=O) groups excluding carboxylic acids is 2. The Morgan fingerprint density at radius 3 is 2.74 bits per heavy atom. The molecule has 1 aromatic carbocycles. The normalized spacial score (nSPS) is 17.0. The summed E-state index contributed by atoms with van der Waals surface area (Å²) in [6.07, 6.45) is 3.52. The van der Waals surface area contributed by atoms with Crippen LogP contribution < -0.4 is 0 Å². The first-order valence-electron chi connectivity index (χ1n) is 9.37. The molecule has 7 nitrogen and oxygen atoms in total. The van der Waals surface area contributed by atoms with Gasteiger partial charge in [-0.15, -0.1) is 10.2 Å². The Morgan fingerprint density at radius 1 is 1.22 bits per heavy atom. The fraction of sp³-hybridized carbons (Fsp3) is 0.500. The fourth-order valence-electron chi connectivity index (χ4n) is 3.14. The van der Waals surface area contributed by atoms with E-state index in [2.05, 4.69) is 10.2 Å². The number of likely N-dealkylation sites (tertiary alicyclic amines) is 1. The van der Waals surface area contributed by atoms with Crippen molar-refractivity contribution in [1.82, 2.24) is 15.1 Å². The van der Waals surface area contributed by atoms with E-state index in [1.54, 1.807) is 4.90 Å². The molecule has 0 saturated carbocycles. The monoisotopic (exact) mass is 371 g/mol. The molecule has 27 heavy (non-hydrogen) atoms. The molecule has 144 valence electrons. The summed E-state index contributed by atoms with van der Waals surface area (Å²) in [4.78, 5) is 25.9. The highest BCUT2D eigenvalue weighted by Gasteiger charge is 2.24. The predicted molar refractivity (Wildman–Crippen MR) is 98.8 cm³/mol. The number of amides is 1. The first-order valence-corrected chi connectivity index (χ1v) is 9.37. The Balaban J connectivity index is 1.44. The summed E-state index contributed by atoms with van der Waals surface area (Å²) in [7, 11) is 0. The van der Waals surface area contributed by atoms with Crippen molar-refractivity contribution in [2.45, 2.75) is 52.0 Å². The molecule has 0 spiro atoms. The van der Waals surface area contributed by atoms with Crippen molar-refractivity contribution < 1.29 is 18.7 Å². The first-order chi connectivity index (χ1) is 13.0. The van der Waals surface area contributed by atoms with Crippen molar-refractivity contribution in [3.05, 3.63) is 35.7 Å². The van der Waals surface area contributed by atoms with Crippen molar-refractivity contribution in [2.24, 2.45) is 0 Å².